The summed E-state index contributed by atoms with van der Waals surface area (Å²) in [4.78, 5) is 29.8. The molecule has 0 fully saturated rings. The van der Waals surface area contributed by atoms with Crippen LogP contribution in [0.4, 0.5) is 0 Å². The van der Waals surface area contributed by atoms with Gasteiger partial charge in [-0.2, -0.15) is 9.78 Å². The van der Waals surface area contributed by atoms with E-state index in [9.17, 15) is 9.59 Å². The SMILES string of the molecule is CCOc1cc(C)c(-c2nc3ccccc3c(=O)n2N=Cc2ccc(OCc3ccc(C(=O)O)cc3)c(I)c2)cc1C(C)C. The van der Waals surface area contributed by atoms with Crippen LogP contribution < -0.4 is 15.0 Å². The maximum atomic E-state index is 13.8. The van der Waals surface area contributed by atoms with Gasteiger partial charge in [0.2, 0.25) is 0 Å². The standard InChI is InChI=1S/C35H32IN3O5/c1-5-43-32-16-22(4)28(18-27(32)21(2)3)33-38-30-9-7-6-8-26(30)34(40)39(33)37-19-24-12-15-31(29(36)17-24)44-20-23-10-13-25(14-11-23)35(41)42/h6-19,21H,5,20H2,1-4H3,(H,41,42). The number of carboxylic acid groups (broad SMARTS) is 1. The van der Waals surface area contributed by atoms with Gasteiger partial charge < -0.3 is 14.6 Å². The fraction of sp³-hybridized carbons (Fsp3) is 0.200. The van der Waals surface area contributed by atoms with E-state index < -0.39 is 5.97 Å². The molecule has 1 N–H and O–H groups in total. The monoisotopic (exact) mass is 701 g/mol. The van der Waals surface area contributed by atoms with Gasteiger partial charge in [-0.25, -0.2) is 9.78 Å². The van der Waals surface area contributed by atoms with Crippen LogP contribution in [0.2, 0.25) is 0 Å². The number of halogens is 1. The molecule has 0 aliphatic heterocycles. The van der Waals surface area contributed by atoms with Crippen LogP contribution in [-0.4, -0.2) is 33.6 Å². The number of hydrogen-bond acceptors (Lipinski definition) is 6. The first-order chi connectivity index (χ1) is 21.2. The van der Waals surface area contributed by atoms with Gasteiger partial charge in [0.15, 0.2) is 5.82 Å². The summed E-state index contributed by atoms with van der Waals surface area (Å²) in [6.45, 7) is 9.03. The fourth-order valence-electron chi connectivity index (χ4n) is 4.82. The Hall–Kier alpha value is -4.51. The molecule has 224 valence electrons. The first-order valence-corrected chi connectivity index (χ1v) is 15.3. The van der Waals surface area contributed by atoms with E-state index in [4.69, 9.17) is 19.6 Å². The van der Waals surface area contributed by atoms with Crippen LogP contribution in [0.3, 0.4) is 0 Å². The predicted octanol–water partition coefficient (Wildman–Crippen LogP) is 7.66. The maximum absolute atomic E-state index is 13.8. The van der Waals surface area contributed by atoms with Gasteiger partial charge in [0.1, 0.15) is 18.1 Å². The molecule has 4 aromatic carbocycles. The summed E-state index contributed by atoms with van der Waals surface area (Å²) < 4.78 is 14.1. The largest absolute Gasteiger partial charge is 0.494 e. The third-order valence-electron chi connectivity index (χ3n) is 7.15. The van der Waals surface area contributed by atoms with Gasteiger partial charge in [-0.05, 0) is 119 Å². The number of hydrogen-bond donors (Lipinski definition) is 1. The number of ether oxygens (including phenoxy) is 2. The number of rotatable bonds is 10. The molecule has 1 aromatic heterocycles. The fourth-order valence-corrected chi connectivity index (χ4v) is 5.51. The highest BCUT2D eigenvalue weighted by atomic mass is 127. The van der Waals surface area contributed by atoms with Gasteiger partial charge in [0, 0.05) is 5.56 Å². The molecule has 0 bridgehead atoms. The van der Waals surface area contributed by atoms with Crippen molar-refractivity contribution in [2.24, 2.45) is 5.10 Å². The second-order valence-electron chi connectivity index (χ2n) is 10.6. The van der Waals surface area contributed by atoms with Gasteiger partial charge in [-0.1, -0.05) is 38.1 Å². The average molecular weight is 702 g/mol. The van der Waals surface area contributed by atoms with Gasteiger partial charge in [0.25, 0.3) is 5.56 Å². The van der Waals surface area contributed by atoms with Crippen LogP contribution in [-0.2, 0) is 6.61 Å². The lowest BCUT2D eigenvalue weighted by molar-refractivity contribution is 0.0697. The number of aromatic nitrogens is 2. The summed E-state index contributed by atoms with van der Waals surface area (Å²) in [6.07, 6.45) is 1.64. The van der Waals surface area contributed by atoms with Crippen molar-refractivity contribution in [3.05, 3.63) is 121 Å². The zero-order valence-corrected chi connectivity index (χ0v) is 27.0. The molecule has 0 saturated carbocycles. The number of nitrogens with zero attached hydrogens (tertiary/aromatic N) is 3. The number of para-hydroxylation sites is 1. The molecule has 0 radical (unpaired) electrons. The molecule has 44 heavy (non-hydrogen) atoms. The number of carboxylic acids is 1. The number of fused-ring (bicyclic) bond motifs is 1. The van der Waals surface area contributed by atoms with Crippen LogP contribution in [0.1, 0.15) is 59.3 Å². The summed E-state index contributed by atoms with van der Waals surface area (Å²) >= 11 is 2.20. The second kappa shape index (κ2) is 13.4. The van der Waals surface area contributed by atoms with E-state index in [1.807, 2.05) is 56.3 Å². The maximum Gasteiger partial charge on any atom is 0.335 e. The van der Waals surface area contributed by atoms with Crippen molar-refractivity contribution < 1.29 is 19.4 Å². The minimum Gasteiger partial charge on any atom is -0.494 e. The minimum atomic E-state index is -0.965. The molecule has 0 aliphatic carbocycles. The van der Waals surface area contributed by atoms with Crippen molar-refractivity contribution in [3.63, 3.8) is 0 Å². The van der Waals surface area contributed by atoms with E-state index >= 15 is 0 Å². The Kier molecular flexibility index (Phi) is 9.43. The summed E-state index contributed by atoms with van der Waals surface area (Å²) in [6, 6.07) is 23.6. The van der Waals surface area contributed by atoms with Crippen LogP contribution in [0.15, 0.2) is 88.8 Å². The Labute approximate surface area is 269 Å². The van der Waals surface area contributed by atoms with Crippen molar-refractivity contribution >= 4 is 45.7 Å². The number of benzene rings is 4. The highest BCUT2D eigenvalue weighted by Crippen LogP contribution is 2.34. The zero-order valence-electron chi connectivity index (χ0n) is 24.9. The zero-order chi connectivity index (χ0) is 31.4. The smallest absolute Gasteiger partial charge is 0.335 e. The third-order valence-corrected chi connectivity index (χ3v) is 7.99. The lowest BCUT2D eigenvalue weighted by atomic mass is 9.96. The van der Waals surface area contributed by atoms with Gasteiger partial charge in [-0.15, -0.1) is 0 Å². The lowest BCUT2D eigenvalue weighted by Gasteiger charge is -2.18. The van der Waals surface area contributed by atoms with Gasteiger partial charge >= 0.3 is 5.97 Å². The molecule has 1 heterocycles. The summed E-state index contributed by atoms with van der Waals surface area (Å²) in [7, 11) is 0. The molecular formula is C35H32IN3O5. The molecule has 9 heteroatoms. The molecule has 0 saturated heterocycles. The molecule has 5 aromatic rings. The topological polar surface area (TPSA) is 103 Å². The quantitative estimate of drug-likeness (QED) is 0.119. The molecule has 8 nitrogen and oxygen atoms in total. The number of aryl methyl sites for hydroxylation is 1. The van der Waals surface area contributed by atoms with Crippen molar-refractivity contribution in [1.29, 1.82) is 0 Å². The Morgan fingerprint density at radius 1 is 1.02 bits per heavy atom. The highest BCUT2D eigenvalue weighted by molar-refractivity contribution is 14.1. The van der Waals surface area contributed by atoms with E-state index in [2.05, 4.69) is 47.6 Å². The Morgan fingerprint density at radius 2 is 1.77 bits per heavy atom. The van der Waals surface area contributed by atoms with E-state index in [0.717, 1.165) is 37.1 Å². The lowest BCUT2D eigenvalue weighted by Crippen LogP contribution is -2.21. The molecule has 0 aliphatic rings. The molecule has 0 amide bonds. The minimum absolute atomic E-state index is 0.201. The first-order valence-electron chi connectivity index (χ1n) is 14.2. The van der Waals surface area contributed by atoms with E-state index in [0.29, 0.717) is 35.7 Å². The molecular weight excluding hydrogens is 669 g/mol. The van der Waals surface area contributed by atoms with E-state index in [-0.39, 0.29) is 17.0 Å². The number of carbonyl (C=O) groups is 1. The van der Waals surface area contributed by atoms with Crippen LogP contribution in [0.5, 0.6) is 11.5 Å². The Balaban J connectivity index is 1.49. The average Bonchev–Trinajstić information content (AvgIpc) is 3.00. The van der Waals surface area contributed by atoms with Crippen molar-refractivity contribution in [3.8, 4) is 22.9 Å². The first kappa shape index (κ1) is 30.9. The van der Waals surface area contributed by atoms with Crippen molar-refractivity contribution in [1.82, 2.24) is 9.66 Å². The third kappa shape index (κ3) is 6.67. The molecule has 0 atom stereocenters. The summed E-state index contributed by atoms with van der Waals surface area (Å²) in [5.41, 5.74) is 4.99. The molecule has 0 spiro atoms. The second-order valence-corrected chi connectivity index (χ2v) is 11.7. The highest BCUT2D eigenvalue weighted by Gasteiger charge is 2.18. The molecule has 0 unspecified atom stereocenters. The van der Waals surface area contributed by atoms with Crippen molar-refractivity contribution in [2.45, 2.75) is 40.2 Å². The predicted molar refractivity (Wildman–Crippen MR) is 181 cm³/mol. The van der Waals surface area contributed by atoms with E-state index in [1.165, 1.54) is 4.68 Å². The normalized spacial score (nSPS) is 11.4. The van der Waals surface area contributed by atoms with E-state index in [1.54, 1.807) is 36.5 Å². The Bertz CT molecular complexity index is 1930. The van der Waals surface area contributed by atoms with Crippen LogP contribution in [0, 0.1) is 10.5 Å². The van der Waals surface area contributed by atoms with Gasteiger partial charge in [0.05, 0.1) is 32.9 Å². The van der Waals surface area contributed by atoms with Crippen LogP contribution in [0.25, 0.3) is 22.3 Å². The summed E-state index contributed by atoms with van der Waals surface area (Å²) in [5.74, 6) is 1.20. The number of aromatic carboxylic acids is 1. The van der Waals surface area contributed by atoms with Gasteiger partial charge in [-0.3, -0.25) is 4.79 Å². The van der Waals surface area contributed by atoms with Crippen molar-refractivity contribution in [2.75, 3.05) is 6.61 Å². The summed E-state index contributed by atoms with van der Waals surface area (Å²) in [5, 5.41) is 14.2. The van der Waals surface area contributed by atoms with Crippen LogP contribution >= 0.6 is 22.6 Å². The Morgan fingerprint density at radius 3 is 2.45 bits per heavy atom. The molecule has 5 rings (SSSR count).